The molecule has 10 heteroatoms. The zero-order valence-electron chi connectivity index (χ0n) is 24.3. The van der Waals surface area contributed by atoms with E-state index in [1.165, 1.54) is 24.3 Å². The van der Waals surface area contributed by atoms with Crippen molar-refractivity contribution in [2.45, 2.75) is 59.0 Å². The Labute approximate surface area is 246 Å². The van der Waals surface area contributed by atoms with Gasteiger partial charge in [0.1, 0.15) is 5.75 Å². The monoisotopic (exact) mass is 577 g/mol. The Balaban J connectivity index is 1.60. The van der Waals surface area contributed by atoms with Crippen LogP contribution in [0.4, 0.5) is 5.69 Å². The normalized spacial score (nSPS) is 21.7. The Bertz CT molecular complexity index is 1380. The van der Waals surface area contributed by atoms with Crippen LogP contribution < -0.4 is 10.4 Å². The van der Waals surface area contributed by atoms with E-state index in [2.05, 4.69) is 13.0 Å². The molecule has 2 amide bonds. The van der Waals surface area contributed by atoms with E-state index in [1.807, 2.05) is 26.0 Å². The Morgan fingerprint density at radius 2 is 1.76 bits per heavy atom. The molecular weight excluding hydrogens is 537 g/mol. The largest absolute Gasteiger partial charge is 0.507 e. The number of aliphatic hydroxyl groups is 3. The van der Waals surface area contributed by atoms with E-state index < -0.39 is 56.0 Å². The Kier molecular flexibility index (Phi) is 10.1. The van der Waals surface area contributed by atoms with Gasteiger partial charge in [-0.15, -0.1) is 0 Å². The minimum atomic E-state index is -1.77. The molecule has 4 atom stereocenters. The first kappa shape index (κ1) is 31.7. The van der Waals surface area contributed by atoms with E-state index in [0.29, 0.717) is 24.0 Å². The van der Waals surface area contributed by atoms with Crippen molar-refractivity contribution in [1.29, 1.82) is 0 Å². The average molecular weight is 577 g/mol. The Morgan fingerprint density at radius 1 is 1.07 bits per heavy atom. The molecule has 2 aliphatic rings. The highest BCUT2D eigenvalue weighted by Gasteiger charge is 2.55. The van der Waals surface area contributed by atoms with Gasteiger partial charge in [0.15, 0.2) is 0 Å². The lowest BCUT2D eigenvalue weighted by atomic mass is 9.68. The maximum Gasteiger partial charge on any atom is 0.488 e. The quantitative estimate of drug-likeness (QED) is 0.135. The molecule has 0 spiro atoms. The lowest BCUT2D eigenvalue weighted by molar-refractivity contribution is -0.123. The summed E-state index contributed by atoms with van der Waals surface area (Å²) in [4.78, 5) is 28.2. The molecule has 1 aliphatic heterocycles. The first-order valence-electron chi connectivity index (χ1n) is 14.5. The fourth-order valence-electron chi connectivity index (χ4n) is 6.56. The topological polar surface area (TPSA) is 159 Å². The molecule has 2 aromatic rings. The second-order valence-electron chi connectivity index (χ2n) is 11.4. The van der Waals surface area contributed by atoms with E-state index in [-0.39, 0.29) is 23.3 Å². The number of allylic oxidation sites excluding steroid dienone is 1. The van der Waals surface area contributed by atoms with Crippen molar-refractivity contribution in [3.05, 3.63) is 69.8 Å². The molecular formula is C32H40BNO8. The average Bonchev–Trinajstić information content (AvgIpc) is 3.22. The number of aromatic hydroxyl groups is 1. The molecule has 0 radical (unpaired) electrons. The summed E-state index contributed by atoms with van der Waals surface area (Å²) >= 11 is 0. The minimum absolute atomic E-state index is 0.0805. The third kappa shape index (κ3) is 6.23. The van der Waals surface area contributed by atoms with Crippen LogP contribution >= 0.6 is 0 Å². The Morgan fingerprint density at radius 3 is 2.36 bits per heavy atom. The van der Waals surface area contributed by atoms with Crippen LogP contribution in [-0.4, -0.2) is 68.7 Å². The molecule has 2 aromatic carbocycles. The second kappa shape index (κ2) is 13.4. The van der Waals surface area contributed by atoms with Crippen LogP contribution in [0.3, 0.4) is 0 Å². The number of aliphatic hydroxyl groups excluding tert-OH is 3. The molecule has 0 saturated carbocycles. The molecule has 1 fully saturated rings. The number of carbonyl (C=O) groups is 2. The lowest BCUT2D eigenvalue weighted by Gasteiger charge is -2.36. The minimum Gasteiger partial charge on any atom is -0.507 e. The van der Waals surface area contributed by atoms with Gasteiger partial charge in [-0.25, -0.2) is 0 Å². The molecule has 0 unspecified atom stereocenters. The summed E-state index contributed by atoms with van der Waals surface area (Å²) in [6.45, 7) is 4.87. The number of aryl methyl sites for hydroxylation is 2. The summed E-state index contributed by atoms with van der Waals surface area (Å²) in [5.41, 5.74) is 4.81. The Hall–Kier alpha value is -3.28. The fraction of sp³-hybridized carbons (Fsp3) is 0.438. The van der Waals surface area contributed by atoms with Crippen LogP contribution in [-0.2, 0) is 9.59 Å². The zero-order chi connectivity index (χ0) is 30.7. The first-order chi connectivity index (χ1) is 20.0. The van der Waals surface area contributed by atoms with Crippen molar-refractivity contribution in [2.24, 2.45) is 17.8 Å². The summed E-state index contributed by atoms with van der Waals surface area (Å²) in [6, 6.07) is 9.70. The highest BCUT2D eigenvalue weighted by atomic mass is 16.4. The summed E-state index contributed by atoms with van der Waals surface area (Å²) < 4.78 is 0. The predicted octanol–water partition coefficient (Wildman–Crippen LogP) is 2.12. The molecule has 1 saturated heterocycles. The van der Waals surface area contributed by atoms with Gasteiger partial charge in [0.25, 0.3) is 0 Å². The molecule has 224 valence electrons. The van der Waals surface area contributed by atoms with Crippen LogP contribution in [0, 0.1) is 31.6 Å². The number of imide groups is 1. The van der Waals surface area contributed by atoms with E-state index >= 15 is 0 Å². The summed E-state index contributed by atoms with van der Waals surface area (Å²) in [6.07, 6.45) is 3.64. The van der Waals surface area contributed by atoms with Gasteiger partial charge in [-0.3, -0.25) is 14.5 Å². The first-order valence-corrected chi connectivity index (χ1v) is 14.5. The van der Waals surface area contributed by atoms with Crippen molar-refractivity contribution in [2.75, 3.05) is 18.1 Å². The van der Waals surface area contributed by atoms with Crippen LogP contribution in [0.25, 0.3) is 6.08 Å². The van der Waals surface area contributed by atoms with Gasteiger partial charge in [0.2, 0.25) is 11.8 Å². The van der Waals surface area contributed by atoms with Gasteiger partial charge < -0.3 is 30.5 Å². The summed E-state index contributed by atoms with van der Waals surface area (Å²) in [5.74, 6) is -3.33. The molecule has 0 bridgehead atoms. The number of anilines is 1. The number of rotatable bonds is 11. The molecule has 9 nitrogen and oxygen atoms in total. The van der Waals surface area contributed by atoms with E-state index in [0.717, 1.165) is 40.0 Å². The number of hydrogen-bond donors (Lipinski definition) is 6. The predicted molar refractivity (Wildman–Crippen MR) is 161 cm³/mol. The third-order valence-corrected chi connectivity index (χ3v) is 8.55. The number of nitrogens with zero attached hydrogens (tertiary/aromatic N) is 1. The van der Waals surface area contributed by atoms with Gasteiger partial charge in [-0.1, -0.05) is 37.1 Å². The second-order valence-corrected chi connectivity index (χ2v) is 11.4. The number of amides is 2. The van der Waals surface area contributed by atoms with Crippen molar-refractivity contribution in [3.63, 3.8) is 0 Å². The van der Waals surface area contributed by atoms with Crippen LogP contribution in [0.1, 0.15) is 55.7 Å². The third-order valence-electron chi connectivity index (χ3n) is 8.55. The number of phenolic OH excluding ortho intramolecular Hbond substituents is 1. The molecule has 1 heterocycles. The highest BCUT2D eigenvalue weighted by Crippen LogP contribution is 2.47. The van der Waals surface area contributed by atoms with Gasteiger partial charge >= 0.3 is 7.12 Å². The van der Waals surface area contributed by atoms with Crippen molar-refractivity contribution < 1.29 is 40.1 Å². The lowest BCUT2D eigenvalue weighted by Crippen LogP contribution is -2.39. The van der Waals surface area contributed by atoms with Crippen LogP contribution in [0.5, 0.6) is 5.75 Å². The van der Waals surface area contributed by atoms with Gasteiger partial charge in [-0.2, -0.15) is 0 Å². The fourth-order valence-corrected chi connectivity index (χ4v) is 6.56. The standard InChI is InChI=1S/C32H40BNO8/c1-4-6-20(13-21-11-18(2)30(38)19(3)12-21)9-10-27(37)28-22(16-35)14-25-29(26(28)17-36)32(40)34(31(25)39)24-8-5-7-23(15-24)33(41)42/h5,7-8,11-13,15,25-27,29,35-38,41-42H,4,6,9-10,14,16-17H2,1-3H3/b20-13+/t25-,26+,27-,29-/m1/s1. The van der Waals surface area contributed by atoms with Crippen LogP contribution in [0.2, 0.25) is 0 Å². The maximum atomic E-state index is 13.7. The number of benzene rings is 2. The molecule has 0 aromatic heterocycles. The molecule has 1 aliphatic carbocycles. The summed E-state index contributed by atoms with van der Waals surface area (Å²) in [5, 5.41) is 61.4. The van der Waals surface area contributed by atoms with E-state index in [4.69, 9.17) is 0 Å². The molecule has 42 heavy (non-hydrogen) atoms. The number of fused-ring (bicyclic) bond motifs is 1. The zero-order valence-corrected chi connectivity index (χ0v) is 24.3. The van der Waals surface area contributed by atoms with E-state index in [9.17, 15) is 40.1 Å². The van der Waals surface area contributed by atoms with Crippen molar-refractivity contribution in [1.82, 2.24) is 0 Å². The summed E-state index contributed by atoms with van der Waals surface area (Å²) in [7, 11) is -1.77. The van der Waals surface area contributed by atoms with Crippen LogP contribution in [0.15, 0.2) is 53.1 Å². The van der Waals surface area contributed by atoms with E-state index in [1.54, 1.807) is 0 Å². The van der Waals surface area contributed by atoms with Gasteiger partial charge in [0, 0.05) is 5.92 Å². The highest BCUT2D eigenvalue weighted by molar-refractivity contribution is 6.58. The van der Waals surface area contributed by atoms with Crippen molar-refractivity contribution in [3.8, 4) is 5.75 Å². The number of phenols is 1. The van der Waals surface area contributed by atoms with Gasteiger partial charge in [-0.05, 0) is 97.1 Å². The number of hydrogen-bond acceptors (Lipinski definition) is 8. The van der Waals surface area contributed by atoms with Crippen molar-refractivity contribution >= 4 is 36.2 Å². The molecule has 4 rings (SSSR count). The molecule has 6 N–H and O–H groups in total. The maximum absolute atomic E-state index is 13.7. The number of carbonyl (C=O) groups excluding carboxylic acids is 2. The SMILES string of the molecule is CCC/C(=C\c1cc(C)c(O)c(C)c1)CC[C@@H](O)C1=C(CO)C[C@H]2C(=O)N(c3cccc(B(O)O)c3)C(=O)[C@H]2[C@H]1CO. The smallest absolute Gasteiger partial charge is 0.488 e. The van der Waals surface area contributed by atoms with Gasteiger partial charge in [0.05, 0.1) is 36.8 Å².